The summed E-state index contributed by atoms with van der Waals surface area (Å²) in [6, 6.07) is 7.98. The summed E-state index contributed by atoms with van der Waals surface area (Å²) in [7, 11) is 0. The molecule has 0 spiro atoms. The Morgan fingerprint density at radius 1 is 1.29 bits per heavy atom. The van der Waals surface area contributed by atoms with Crippen molar-refractivity contribution in [3.8, 4) is 6.07 Å². The number of nitriles is 1. The van der Waals surface area contributed by atoms with Crippen molar-refractivity contribution in [1.29, 1.82) is 5.26 Å². The first-order valence-electron chi connectivity index (χ1n) is 3.95. The summed E-state index contributed by atoms with van der Waals surface area (Å²) in [4.78, 5) is 21.7. The van der Waals surface area contributed by atoms with Crippen LogP contribution in [0.2, 0.25) is 0 Å². The number of ketones is 1. The number of carbonyl (C=O) groups is 2. The van der Waals surface area contributed by atoms with Gasteiger partial charge in [-0.25, -0.2) is 0 Å². The molecule has 0 bridgehead atoms. The normalized spacial score (nSPS) is 9.07. The fourth-order valence-electron chi connectivity index (χ4n) is 0.991. The molecule has 1 aromatic rings. The van der Waals surface area contributed by atoms with Gasteiger partial charge in [-0.2, -0.15) is 5.26 Å². The first-order valence-corrected chi connectivity index (χ1v) is 3.95. The molecule has 4 nitrogen and oxygen atoms in total. The van der Waals surface area contributed by atoms with Crippen molar-refractivity contribution in [3.63, 3.8) is 0 Å². The van der Waals surface area contributed by atoms with Crippen molar-refractivity contribution in [1.82, 2.24) is 0 Å². The molecule has 2 N–H and O–H groups in total. The number of primary amides is 1. The standard InChI is InChI=1S/C10H8N2O2/c11-6-7-1-3-8(4-2-7)9(13)5-10(12)14/h1-4H,5H2,(H2,12,14). The molecular formula is C10H8N2O2. The summed E-state index contributed by atoms with van der Waals surface area (Å²) in [5.74, 6) is -0.985. The SMILES string of the molecule is N#Cc1ccc(C(=O)CC(N)=O)cc1. The van der Waals surface area contributed by atoms with Crippen LogP contribution in [0.15, 0.2) is 24.3 Å². The largest absolute Gasteiger partial charge is 0.369 e. The molecule has 0 atom stereocenters. The molecule has 4 heteroatoms. The van der Waals surface area contributed by atoms with E-state index in [2.05, 4.69) is 0 Å². The van der Waals surface area contributed by atoms with E-state index in [9.17, 15) is 9.59 Å². The Kier molecular flexibility index (Phi) is 2.97. The Morgan fingerprint density at radius 3 is 2.29 bits per heavy atom. The summed E-state index contributed by atoms with van der Waals surface area (Å²) in [5, 5.41) is 8.50. The van der Waals surface area contributed by atoms with E-state index in [4.69, 9.17) is 11.0 Å². The van der Waals surface area contributed by atoms with Crippen LogP contribution in [0.4, 0.5) is 0 Å². The number of benzene rings is 1. The van der Waals surface area contributed by atoms with Gasteiger partial charge in [0.25, 0.3) is 0 Å². The lowest BCUT2D eigenvalue weighted by molar-refractivity contribution is -0.117. The molecule has 0 unspecified atom stereocenters. The molecule has 14 heavy (non-hydrogen) atoms. The summed E-state index contributed by atoms with van der Waals surface area (Å²) in [6.45, 7) is 0. The maximum absolute atomic E-state index is 11.3. The zero-order chi connectivity index (χ0) is 10.6. The molecule has 0 heterocycles. The van der Waals surface area contributed by atoms with Crippen molar-refractivity contribution >= 4 is 11.7 Å². The highest BCUT2D eigenvalue weighted by Crippen LogP contribution is 2.05. The van der Waals surface area contributed by atoms with Gasteiger partial charge in [0, 0.05) is 5.56 Å². The van der Waals surface area contributed by atoms with Crippen LogP contribution in [0.25, 0.3) is 0 Å². The van der Waals surface area contributed by atoms with E-state index in [1.165, 1.54) is 24.3 Å². The molecule has 0 saturated carbocycles. The second-order valence-electron chi connectivity index (χ2n) is 2.76. The molecular weight excluding hydrogens is 180 g/mol. The van der Waals surface area contributed by atoms with Crippen LogP contribution in [0.3, 0.4) is 0 Å². The Balaban J connectivity index is 2.83. The topological polar surface area (TPSA) is 83.9 Å². The highest BCUT2D eigenvalue weighted by atomic mass is 16.2. The molecule has 1 aromatic carbocycles. The average molecular weight is 188 g/mol. The van der Waals surface area contributed by atoms with Gasteiger partial charge < -0.3 is 5.73 Å². The van der Waals surface area contributed by atoms with Gasteiger partial charge in [-0.1, -0.05) is 12.1 Å². The summed E-state index contributed by atoms with van der Waals surface area (Å²) in [5.41, 5.74) is 5.74. The number of hydrogen-bond acceptors (Lipinski definition) is 3. The van der Waals surface area contributed by atoms with E-state index >= 15 is 0 Å². The average Bonchev–Trinajstić information content (AvgIpc) is 2.17. The van der Waals surface area contributed by atoms with E-state index in [1.807, 2.05) is 6.07 Å². The molecule has 0 radical (unpaired) electrons. The second-order valence-corrected chi connectivity index (χ2v) is 2.76. The lowest BCUT2D eigenvalue weighted by Gasteiger charge is -1.97. The number of carbonyl (C=O) groups excluding carboxylic acids is 2. The number of nitrogens with zero attached hydrogens (tertiary/aromatic N) is 1. The Hall–Kier alpha value is -2.15. The minimum atomic E-state index is -0.653. The molecule has 0 aromatic heterocycles. The second kappa shape index (κ2) is 4.19. The lowest BCUT2D eigenvalue weighted by Crippen LogP contribution is -2.16. The van der Waals surface area contributed by atoms with Crippen LogP contribution in [0.1, 0.15) is 22.3 Å². The zero-order valence-electron chi connectivity index (χ0n) is 7.36. The smallest absolute Gasteiger partial charge is 0.225 e. The van der Waals surface area contributed by atoms with Crippen LogP contribution in [-0.2, 0) is 4.79 Å². The predicted octanol–water partition coefficient (Wildman–Crippen LogP) is 0.616. The highest BCUT2D eigenvalue weighted by Gasteiger charge is 2.08. The zero-order valence-corrected chi connectivity index (χ0v) is 7.36. The van der Waals surface area contributed by atoms with E-state index in [0.717, 1.165) is 0 Å². The van der Waals surface area contributed by atoms with Gasteiger partial charge in [-0.3, -0.25) is 9.59 Å². The van der Waals surface area contributed by atoms with E-state index in [-0.39, 0.29) is 12.2 Å². The highest BCUT2D eigenvalue weighted by molar-refractivity contribution is 6.06. The van der Waals surface area contributed by atoms with Crippen LogP contribution >= 0.6 is 0 Å². The van der Waals surface area contributed by atoms with E-state index < -0.39 is 5.91 Å². The van der Waals surface area contributed by atoms with E-state index in [1.54, 1.807) is 0 Å². The maximum atomic E-state index is 11.3. The predicted molar refractivity (Wildman–Crippen MR) is 49.3 cm³/mol. The van der Waals surface area contributed by atoms with Crippen molar-refractivity contribution < 1.29 is 9.59 Å². The van der Waals surface area contributed by atoms with Gasteiger partial charge in [-0.15, -0.1) is 0 Å². The molecule has 0 aliphatic rings. The van der Waals surface area contributed by atoms with Crippen molar-refractivity contribution in [2.24, 2.45) is 5.73 Å². The molecule has 1 amide bonds. The summed E-state index contributed by atoms with van der Waals surface area (Å²) in [6.07, 6.45) is -0.300. The summed E-state index contributed by atoms with van der Waals surface area (Å²) >= 11 is 0. The fraction of sp³-hybridized carbons (Fsp3) is 0.100. The molecule has 1 rings (SSSR count). The lowest BCUT2D eigenvalue weighted by atomic mass is 10.1. The van der Waals surface area contributed by atoms with Crippen LogP contribution in [0, 0.1) is 11.3 Å². The van der Waals surface area contributed by atoms with Crippen molar-refractivity contribution in [2.45, 2.75) is 6.42 Å². The third kappa shape index (κ3) is 2.42. The minimum absolute atomic E-state index is 0.300. The van der Waals surface area contributed by atoms with E-state index in [0.29, 0.717) is 11.1 Å². The van der Waals surface area contributed by atoms with Gasteiger partial charge in [0.1, 0.15) is 0 Å². The quantitative estimate of drug-likeness (QED) is 0.557. The van der Waals surface area contributed by atoms with Crippen LogP contribution < -0.4 is 5.73 Å². The number of rotatable bonds is 3. The molecule has 0 aliphatic heterocycles. The van der Waals surface area contributed by atoms with Crippen molar-refractivity contribution in [3.05, 3.63) is 35.4 Å². The Morgan fingerprint density at radius 2 is 1.86 bits per heavy atom. The van der Waals surface area contributed by atoms with Gasteiger partial charge in [0.2, 0.25) is 5.91 Å². The number of Topliss-reactive ketones (excluding diaryl/α,β-unsaturated/α-hetero) is 1. The third-order valence-electron chi connectivity index (χ3n) is 1.67. The fourth-order valence-corrected chi connectivity index (χ4v) is 0.991. The Bertz CT molecular complexity index is 401. The first kappa shape index (κ1) is 9.93. The number of amides is 1. The molecule has 0 aliphatic carbocycles. The number of hydrogen-bond donors (Lipinski definition) is 1. The van der Waals surface area contributed by atoms with Gasteiger partial charge >= 0.3 is 0 Å². The van der Waals surface area contributed by atoms with Crippen LogP contribution in [-0.4, -0.2) is 11.7 Å². The molecule has 70 valence electrons. The maximum Gasteiger partial charge on any atom is 0.225 e. The van der Waals surface area contributed by atoms with Gasteiger partial charge in [0.15, 0.2) is 5.78 Å². The van der Waals surface area contributed by atoms with Gasteiger partial charge in [-0.05, 0) is 12.1 Å². The third-order valence-corrected chi connectivity index (χ3v) is 1.67. The first-order chi connectivity index (χ1) is 6.63. The number of nitrogens with two attached hydrogens (primary N) is 1. The Labute approximate surface area is 80.9 Å². The monoisotopic (exact) mass is 188 g/mol. The molecule has 0 saturated heterocycles. The minimum Gasteiger partial charge on any atom is -0.369 e. The van der Waals surface area contributed by atoms with Gasteiger partial charge in [0.05, 0.1) is 18.1 Å². The molecule has 0 fully saturated rings. The summed E-state index contributed by atoms with van der Waals surface area (Å²) < 4.78 is 0. The van der Waals surface area contributed by atoms with Crippen LogP contribution in [0.5, 0.6) is 0 Å². The van der Waals surface area contributed by atoms with Crippen molar-refractivity contribution in [2.75, 3.05) is 0 Å².